The molecule has 1 saturated heterocycles. The average Bonchev–Trinajstić information content (AvgIpc) is 2.26. The van der Waals surface area contributed by atoms with E-state index in [-0.39, 0.29) is 0 Å². The van der Waals surface area contributed by atoms with Crippen LogP contribution >= 0.6 is 23.2 Å². The highest BCUT2D eigenvalue weighted by Gasteiger charge is 2.79. The van der Waals surface area contributed by atoms with Crippen LogP contribution in [0.15, 0.2) is 0 Å². The lowest BCUT2D eigenvalue weighted by atomic mass is 9.51. The lowest BCUT2D eigenvalue weighted by molar-refractivity contribution is -0.154. The van der Waals surface area contributed by atoms with Crippen LogP contribution in [0.2, 0.25) is 0 Å². The molecule has 1 heterocycles. The number of halogens is 2. The molecule has 3 nitrogen and oxygen atoms in total. The number of esters is 2. The van der Waals surface area contributed by atoms with Crippen LogP contribution in [0, 0.1) is 10.8 Å². The third-order valence-electron chi connectivity index (χ3n) is 3.47. The Kier molecular flexibility index (Phi) is 1.57. The smallest absolute Gasteiger partial charge is 0.322 e. The highest BCUT2D eigenvalue weighted by Crippen LogP contribution is 2.65. The van der Waals surface area contributed by atoms with Crippen LogP contribution < -0.4 is 0 Å². The van der Waals surface area contributed by atoms with Crippen molar-refractivity contribution >= 4 is 35.1 Å². The molecule has 0 aromatic carbocycles. The third-order valence-corrected chi connectivity index (χ3v) is 4.98. The van der Waals surface area contributed by atoms with Gasteiger partial charge in [0.1, 0.15) is 10.8 Å². The van der Waals surface area contributed by atoms with Gasteiger partial charge >= 0.3 is 11.9 Å². The van der Waals surface area contributed by atoms with Crippen molar-refractivity contribution in [3.05, 3.63) is 0 Å². The van der Waals surface area contributed by atoms with Crippen molar-refractivity contribution in [3.63, 3.8) is 0 Å². The van der Waals surface area contributed by atoms with Gasteiger partial charge in [-0.25, -0.2) is 0 Å². The fourth-order valence-electron chi connectivity index (χ4n) is 2.01. The molecule has 2 rings (SSSR count). The first-order valence-corrected chi connectivity index (χ1v) is 4.79. The van der Waals surface area contributed by atoms with Crippen molar-refractivity contribution in [2.75, 3.05) is 0 Å². The fourth-order valence-corrected chi connectivity index (χ4v) is 3.14. The van der Waals surface area contributed by atoms with Gasteiger partial charge in [0.15, 0.2) is 0 Å². The molecular formula is C8H8Cl2O3. The minimum atomic E-state index is -0.946. The van der Waals surface area contributed by atoms with Gasteiger partial charge in [-0.05, 0) is 13.8 Å². The van der Waals surface area contributed by atoms with E-state index in [4.69, 9.17) is 23.2 Å². The predicted octanol–water partition coefficient (Wildman–Crippen LogP) is 1.31. The van der Waals surface area contributed by atoms with Crippen molar-refractivity contribution in [2.24, 2.45) is 10.8 Å². The number of alkyl halides is 2. The van der Waals surface area contributed by atoms with E-state index in [1.165, 1.54) is 0 Å². The molecule has 1 saturated carbocycles. The minimum absolute atomic E-state index is 0.530. The molecule has 0 spiro atoms. The van der Waals surface area contributed by atoms with E-state index in [2.05, 4.69) is 4.74 Å². The Morgan fingerprint density at radius 1 is 1.08 bits per heavy atom. The van der Waals surface area contributed by atoms with Crippen molar-refractivity contribution in [2.45, 2.75) is 24.6 Å². The zero-order valence-electron chi connectivity index (χ0n) is 7.14. The van der Waals surface area contributed by atoms with Gasteiger partial charge in [0.25, 0.3) is 0 Å². The normalized spacial score (nSPS) is 54.2. The molecule has 4 atom stereocenters. The van der Waals surface area contributed by atoms with E-state index >= 15 is 0 Å². The average molecular weight is 223 g/mol. The number of fused-ring (bicyclic) bond motifs is 1. The molecule has 0 N–H and O–H groups in total. The zero-order chi connectivity index (χ0) is 10.0. The second kappa shape index (κ2) is 2.20. The van der Waals surface area contributed by atoms with E-state index in [0.29, 0.717) is 0 Å². The SMILES string of the molecule is C[C@@]12C(=O)OC(=O)[C@]1(C)C(Cl)C2Cl. The third kappa shape index (κ3) is 0.668. The Balaban J connectivity index is 2.53. The van der Waals surface area contributed by atoms with Gasteiger partial charge < -0.3 is 4.74 Å². The highest BCUT2D eigenvalue weighted by atomic mass is 35.5. The van der Waals surface area contributed by atoms with Crippen molar-refractivity contribution in [1.82, 2.24) is 0 Å². The van der Waals surface area contributed by atoms with E-state index < -0.39 is 33.5 Å². The molecule has 0 amide bonds. The van der Waals surface area contributed by atoms with E-state index in [0.717, 1.165) is 0 Å². The maximum atomic E-state index is 11.3. The van der Waals surface area contributed by atoms with Crippen LogP contribution in [0.4, 0.5) is 0 Å². The highest BCUT2D eigenvalue weighted by molar-refractivity contribution is 6.36. The van der Waals surface area contributed by atoms with Crippen LogP contribution in [0.5, 0.6) is 0 Å². The number of rotatable bonds is 0. The summed E-state index contributed by atoms with van der Waals surface area (Å²) in [5, 5.41) is -1.06. The maximum Gasteiger partial charge on any atom is 0.322 e. The molecule has 2 unspecified atom stereocenters. The Hall–Kier alpha value is -0.280. The summed E-state index contributed by atoms with van der Waals surface area (Å²) < 4.78 is 4.55. The number of hydrogen-bond acceptors (Lipinski definition) is 3. The van der Waals surface area contributed by atoms with Gasteiger partial charge in [-0.1, -0.05) is 0 Å². The standard InChI is InChI=1S/C8H8Cl2O3/c1-7-3(9)4(10)8(7,2)6(12)13-5(7)11/h3-4H,1-2H3/t3?,4?,7-,8+. The van der Waals surface area contributed by atoms with Gasteiger partial charge in [0.05, 0.1) is 10.8 Å². The Morgan fingerprint density at radius 2 is 1.38 bits per heavy atom. The molecule has 2 aliphatic rings. The summed E-state index contributed by atoms with van der Waals surface area (Å²) in [6, 6.07) is 0. The first kappa shape index (κ1) is 9.28. The molecule has 2 fully saturated rings. The van der Waals surface area contributed by atoms with Gasteiger partial charge in [0.2, 0.25) is 0 Å². The van der Waals surface area contributed by atoms with Crippen molar-refractivity contribution < 1.29 is 14.3 Å². The van der Waals surface area contributed by atoms with Gasteiger partial charge in [-0.15, -0.1) is 23.2 Å². The molecule has 1 aliphatic heterocycles. The zero-order valence-corrected chi connectivity index (χ0v) is 8.65. The number of carbonyl (C=O) groups is 2. The lowest BCUT2D eigenvalue weighted by Crippen LogP contribution is -2.67. The largest absolute Gasteiger partial charge is 0.392 e. The molecule has 13 heavy (non-hydrogen) atoms. The monoisotopic (exact) mass is 222 g/mol. The van der Waals surface area contributed by atoms with Gasteiger partial charge in [-0.2, -0.15) is 0 Å². The Morgan fingerprint density at radius 3 is 1.69 bits per heavy atom. The second-order valence-corrected chi connectivity index (χ2v) is 4.83. The van der Waals surface area contributed by atoms with E-state index in [1.807, 2.05) is 0 Å². The van der Waals surface area contributed by atoms with E-state index in [9.17, 15) is 9.59 Å². The quantitative estimate of drug-likeness (QED) is 0.353. The molecule has 1 aliphatic carbocycles. The minimum Gasteiger partial charge on any atom is -0.392 e. The molecule has 0 aromatic rings. The van der Waals surface area contributed by atoms with Gasteiger partial charge in [-0.3, -0.25) is 9.59 Å². The number of hydrogen-bond donors (Lipinski definition) is 0. The first-order valence-electron chi connectivity index (χ1n) is 3.91. The molecular weight excluding hydrogens is 215 g/mol. The summed E-state index contributed by atoms with van der Waals surface area (Å²) in [7, 11) is 0. The summed E-state index contributed by atoms with van der Waals surface area (Å²) in [5.41, 5.74) is -1.89. The summed E-state index contributed by atoms with van der Waals surface area (Å²) in [6.07, 6.45) is 0. The second-order valence-electron chi connectivity index (χ2n) is 3.89. The summed E-state index contributed by atoms with van der Waals surface area (Å²) in [6.45, 7) is 3.24. The Labute approximate surface area is 85.3 Å². The first-order chi connectivity index (χ1) is 5.86. The number of carbonyl (C=O) groups excluding carboxylic acids is 2. The van der Waals surface area contributed by atoms with Crippen LogP contribution in [-0.4, -0.2) is 22.7 Å². The van der Waals surface area contributed by atoms with E-state index in [1.54, 1.807) is 13.8 Å². The topological polar surface area (TPSA) is 43.4 Å². The molecule has 0 aromatic heterocycles. The molecule has 0 radical (unpaired) electrons. The Bertz CT molecular complexity index is 287. The van der Waals surface area contributed by atoms with Crippen LogP contribution in [-0.2, 0) is 14.3 Å². The summed E-state index contributed by atoms with van der Waals surface area (Å²) >= 11 is 11.8. The van der Waals surface area contributed by atoms with Crippen molar-refractivity contribution in [1.29, 1.82) is 0 Å². The summed E-state index contributed by atoms with van der Waals surface area (Å²) in [4.78, 5) is 22.7. The number of cyclic esters (lactones) is 2. The molecule has 0 bridgehead atoms. The van der Waals surface area contributed by atoms with Crippen LogP contribution in [0.25, 0.3) is 0 Å². The van der Waals surface area contributed by atoms with Crippen molar-refractivity contribution in [3.8, 4) is 0 Å². The number of ether oxygens (including phenoxy) is 1. The lowest BCUT2D eigenvalue weighted by Gasteiger charge is -2.53. The maximum absolute atomic E-state index is 11.3. The van der Waals surface area contributed by atoms with Gasteiger partial charge in [0, 0.05) is 0 Å². The fraction of sp³-hybridized carbons (Fsp3) is 0.750. The summed E-state index contributed by atoms with van der Waals surface area (Å²) in [5.74, 6) is -1.12. The molecule has 72 valence electrons. The predicted molar refractivity (Wildman–Crippen MR) is 46.6 cm³/mol. The van der Waals surface area contributed by atoms with Crippen LogP contribution in [0.1, 0.15) is 13.8 Å². The molecule has 5 heteroatoms. The van der Waals surface area contributed by atoms with Crippen LogP contribution in [0.3, 0.4) is 0 Å².